The third kappa shape index (κ3) is 4.29. The Kier molecular flexibility index (Phi) is 5.74. The lowest BCUT2D eigenvalue weighted by Gasteiger charge is -2.14. The van der Waals surface area contributed by atoms with Gasteiger partial charge in [0.1, 0.15) is 6.10 Å². The summed E-state index contributed by atoms with van der Waals surface area (Å²) in [5.41, 5.74) is 6.35. The molecule has 1 aliphatic rings. The summed E-state index contributed by atoms with van der Waals surface area (Å²) in [5, 5.41) is 2.80. The number of carbonyl (C=O) groups excluding carboxylic acids is 1. The number of nitrogens with two attached hydrogens (primary N) is 1. The topological polar surface area (TPSA) is 102 Å². The van der Waals surface area contributed by atoms with Gasteiger partial charge in [0.05, 0.1) is 11.0 Å². The molecule has 3 N–H and O–H groups in total. The van der Waals surface area contributed by atoms with Crippen LogP contribution in [0.2, 0.25) is 0 Å². The molecule has 2 atom stereocenters. The number of carbonyl (C=O) groups is 1. The van der Waals surface area contributed by atoms with Gasteiger partial charge in [-0.2, -0.15) is 0 Å². The molecule has 7 nitrogen and oxygen atoms in total. The van der Waals surface area contributed by atoms with Crippen molar-refractivity contribution in [1.82, 2.24) is 9.62 Å². The first-order chi connectivity index (χ1) is 10.8. The molecule has 1 amide bonds. The van der Waals surface area contributed by atoms with Crippen LogP contribution in [0.25, 0.3) is 0 Å². The summed E-state index contributed by atoms with van der Waals surface area (Å²) in [7, 11) is -0.461. The van der Waals surface area contributed by atoms with Crippen LogP contribution in [0.4, 0.5) is 0 Å². The fourth-order valence-electron chi connectivity index (χ4n) is 2.37. The van der Waals surface area contributed by atoms with E-state index < -0.39 is 16.1 Å². The van der Waals surface area contributed by atoms with Crippen molar-refractivity contribution in [2.75, 3.05) is 20.6 Å². The number of rotatable bonds is 6. The second kappa shape index (κ2) is 7.39. The van der Waals surface area contributed by atoms with Crippen LogP contribution in [0.15, 0.2) is 29.2 Å². The van der Waals surface area contributed by atoms with E-state index in [1.165, 1.54) is 26.2 Å². The molecule has 0 saturated carbocycles. The van der Waals surface area contributed by atoms with Crippen LogP contribution < -0.4 is 11.1 Å². The Bertz CT molecular complexity index is 643. The summed E-state index contributed by atoms with van der Waals surface area (Å²) in [6.07, 6.45) is 0.984. The second-order valence-corrected chi connectivity index (χ2v) is 7.86. The highest BCUT2D eigenvalue weighted by Gasteiger charge is 2.29. The summed E-state index contributed by atoms with van der Waals surface area (Å²) in [6, 6.07) is 6.45. The highest BCUT2D eigenvalue weighted by Crippen LogP contribution is 2.19. The summed E-state index contributed by atoms with van der Waals surface area (Å²) < 4.78 is 30.6. The molecule has 0 radical (unpaired) electrons. The van der Waals surface area contributed by atoms with Crippen LogP contribution in [0.5, 0.6) is 0 Å². The third-order valence-electron chi connectivity index (χ3n) is 3.83. The van der Waals surface area contributed by atoms with Gasteiger partial charge in [-0.1, -0.05) is 12.1 Å². The van der Waals surface area contributed by atoms with E-state index in [9.17, 15) is 13.2 Å². The predicted octanol–water partition coefficient (Wildman–Crippen LogP) is 0.0594. The minimum atomic E-state index is -3.43. The van der Waals surface area contributed by atoms with Crippen molar-refractivity contribution < 1.29 is 17.9 Å². The number of hydrogen-bond acceptors (Lipinski definition) is 5. The van der Waals surface area contributed by atoms with E-state index in [0.717, 1.165) is 16.3 Å². The van der Waals surface area contributed by atoms with Crippen molar-refractivity contribution >= 4 is 15.9 Å². The van der Waals surface area contributed by atoms with E-state index >= 15 is 0 Å². The summed E-state index contributed by atoms with van der Waals surface area (Å²) in [6.45, 7) is 0.750. The Labute approximate surface area is 136 Å². The summed E-state index contributed by atoms with van der Waals surface area (Å²) in [4.78, 5) is 12.2. The van der Waals surface area contributed by atoms with E-state index in [1.54, 1.807) is 12.1 Å². The Morgan fingerprint density at radius 2 is 1.96 bits per heavy atom. The van der Waals surface area contributed by atoms with E-state index in [1.807, 2.05) is 0 Å². The Balaban J connectivity index is 1.91. The SMILES string of the molecule is CN(C)S(=O)(=O)c1ccc(CNC(=O)[C@@H]2CC[C@H](CN)O2)cc1. The van der Waals surface area contributed by atoms with Crippen molar-refractivity contribution in [3.63, 3.8) is 0 Å². The molecular weight excluding hydrogens is 318 g/mol. The van der Waals surface area contributed by atoms with Crippen molar-refractivity contribution in [2.24, 2.45) is 5.73 Å². The molecule has 0 aromatic heterocycles. The predicted molar refractivity (Wildman–Crippen MR) is 86.1 cm³/mol. The molecule has 2 rings (SSSR count). The minimum absolute atomic E-state index is 0.0405. The third-order valence-corrected chi connectivity index (χ3v) is 5.66. The summed E-state index contributed by atoms with van der Waals surface area (Å²) in [5.74, 6) is -0.161. The normalized spacial score (nSPS) is 21.6. The van der Waals surface area contributed by atoms with Gasteiger partial charge in [-0.25, -0.2) is 12.7 Å². The number of hydrogen-bond donors (Lipinski definition) is 2. The van der Waals surface area contributed by atoms with Gasteiger partial charge < -0.3 is 15.8 Å². The molecule has 1 fully saturated rings. The minimum Gasteiger partial charge on any atom is -0.364 e. The van der Waals surface area contributed by atoms with Gasteiger partial charge in [0.25, 0.3) is 0 Å². The Hall–Kier alpha value is -1.48. The van der Waals surface area contributed by atoms with Crippen LogP contribution >= 0.6 is 0 Å². The lowest BCUT2D eigenvalue weighted by Crippen LogP contribution is -2.35. The molecule has 1 heterocycles. The molecule has 8 heteroatoms. The maximum Gasteiger partial charge on any atom is 0.249 e. The number of benzene rings is 1. The molecule has 23 heavy (non-hydrogen) atoms. The zero-order chi connectivity index (χ0) is 17.0. The van der Waals surface area contributed by atoms with Gasteiger partial charge in [-0.05, 0) is 30.5 Å². The quantitative estimate of drug-likeness (QED) is 0.762. The van der Waals surface area contributed by atoms with Gasteiger partial charge in [0.2, 0.25) is 15.9 Å². The van der Waals surface area contributed by atoms with E-state index in [4.69, 9.17) is 10.5 Å². The van der Waals surface area contributed by atoms with Crippen molar-refractivity contribution in [2.45, 2.75) is 36.5 Å². The lowest BCUT2D eigenvalue weighted by atomic mass is 10.2. The van der Waals surface area contributed by atoms with Crippen LogP contribution in [-0.4, -0.2) is 51.5 Å². The van der Waals surface area contributed by atoms with E-state index in [-0.39, 0.29) is 16.9 Å². The van der Waals surface area contributed by atoms with Gasteiger partial charge in [-0.15, -0.1) is 0 Å². The van der Waals surface area contributed by atoms with Gasteiger partial charge in [-0.3, -0.25) is 4.79 Å². The standard InChI is InChI=1S/C15H23N3O4S/c1-18(2)23(20,21)13-6-3-11(4-7-13)10-17-15(19)14-8-5-12(9-16)22-14/h3-4,6-7,12,14H,5,8-10,16H2,1-2H3,(H,17,19)/t12-,14+/m1/s1. The molecule has 0 bridgehead atoms. The fraction of sp³-hybridized carbons (Fsp3) is 0.533. The maximum atomic E-state index is 12.0. The molecule has 0 spiro atoms. The average molecular weight is 341 g/mol. The second-order valence-electron chi connectivity index (χ2n) is 5.71. The van der Waals surface area contributed by atoms with Gasteiger partial charge >= 0.3 is 0 Å². The Morgan fingerprint density at radius 3 is 2.48 bits per heavy atom. The number of nitrogens with one attached hydrogen (secondary N) is 1. The molecule has 1 aromatic rings. The average Bonchev–Trinajstić information content (AvgIpc) is 3.02. The van der Waals surface area contributed by atoms with E-state index in [0.29, 0.717) is 19.5 Å². The fourth-order valence-corrected chi connectivity index (χ4v) is 3.27. The molecule has 1 saturated heterocycles. The maximum absolute atomic E-state index is 12.0. The Morgan fingerprint density at radius 1 is 1.30 bits per heavy atom. The van der Waals surface area contributed by atoms with Crippen LogP contribution in [0.3, 0.4) is 0 Å². The lowest BCUT2D eigenvalue weighted by molar-refractivity contribution is -0.132. The van der Waals surface area contributed by atoms with E-state index in [2.05, 4.69) is 5.32 Å². The van der Waals surface area contributed by atoms with Crippen molar-refractivity contribution in [3.8, 4) is 0 Å². The monoisotopic (exact) mass is 341 g/mol. The summed E-state index contributed by atoms with van der Waals surface area (Å²) >= 11 is 0. The van der Waals surface area contributed by atoms with Crippen LogP contribution in [-0.2, 0) is 26.1 Å². The molecule has 0 unspecified atom stereocenters. The molecule has 1 aliphatic heterocycles. The van der Waals surface area contributed by atoms with Crippen molar-refractivity contribution in [3.05, 3.63) is 29.8 Å². The van der Waals surface area contributed by atoms with Crippen LogP contribution in [0.1, 0.15) is 18.4 Å². The zero-order valence-corrected chi connectivity index (χ0v) is 14.2. The highest BCUT2D eigenvalue weighted by atomic mass is 32.2. The van der Waals surface area contributed by atoms with Gasteiger partial charge in [0.15, 0.2) is 0 Å². The largest absolute Gasteiger partial charge is 0.364 e. The molecule has 0 aliphatic carbocycles. The first-order valence-corrected chi connectivity index (χ1v) is 8.93. The van der Waals surface area contributed by atoms with Crippen molar-refractivity contribution in [1.29, 1.82) is 0 Å². The molecule has 1 aromatic carbocycles. The number of nitrogens with zero attached hydrogens (tertiary/aromatic N) is 1. The first kappa shape index (κ1) is 17.9. The zero-order valence-electron chi connectivity index (χ0n) is 13.4. The number of sulfonamides is 1. The number of ether oxygens (including phenoxy) is 1. The van der Waals surface area contributed by atoms with Crippen LogP contribution in [0, 0.1) is 0 Å². The number of amides is 1. The molecule has 128 valence electrons. The van der Waals surface area contributed by atoms with Gasteiger partial charge in [0, 0.05) is 27.2 Å². The highest BCUT2D eigenvalue weighted by molar-refractivity contribution is 7.89. The molecular formula is C15H23N3O4S. The smallest absolute Gasteiger partial charge is 0.249 e. The first-order valence-electron chi connectivity index (χ1n) is 7.49.